The molecule has 0 spiro atoms. The lowest BCUT2D eigenvalue weighted by Gasteiger charge is -2.11. The third-order valence-corrected chi connectivity index (χ3v) is 11.3. The van der Waals surface area contributed by atoms with Crippen LogP contribution in [0.25, 0.3) is 87.7 Å². The van der Waals surface area contributed by atoms with Crippen molar-refractivity contribution in [3.63, 3.8) is 0 Å². The Labute approximate surface area is 342 Å². The van der Waals surface area contributed by atoms with E-state index in [4.69, 9.17) is 15.0 Å². The molecule has 0 N–H and O–H groups in total. The molecule has 2 heterocycles. The number of hydrogen-bond donors (Lipinski definition) is 0. The Morgan fingerprint density at radius 2 is 0.897 bits per heavy atom. The Bertz CT molecular complexity index is 2990. The molecule has 0 aliphatic carbocycles. The van der Waals surface area contributed by atoms with Crippen molar-refractivity contribution in [3.05, 3.63) is 211 Å². The normalized spacial score (nSPS) is 10.8. The first-order chi connectivity index (χ1) is 28.6. The number of thiophene rings is 1. The second kappa shape index (κ2) is 16.3. The SMILES string of the molecule is Cc1ccccc1.N#Cc1cccc(-c2ccc(-c3ccc(-c4nc(-c5ccccc5)nc(-c5ccccc5)n4)cc3)c3c2sc2ccc(-c4ccccc4)cc23)c1. The van der Waals surface area contributed by atoms with E-state index >= 15 is 0 Å². The number of fused-ring (bicyclic) bond motifs is 3. The number of hydrogen-bond acceptors (Lipinski definition) is 5. The van der Waals surface area contributed by atoms with E-state index in [1.54, 1.807) is 11.3 Å². The lowest BCUT2D eigenvalue weighted by molar-refractivity contribution is 1.07. The van der Waals surface area contributed by atoms with Crippen LogP contribution in [-0.2, 0) is 0 Å². The summed E-state index contributed by atoms with van der Waals surface area (Å²) in [5, 5.41) is 12.1. The summed E-state index contributed by atoms with van der Waals surface area (Å²) >= 11 is 1.80. The molecule has 0 radical (unpaired) electrons. The molecule has 58 heavy (non-hydrogen) atoms. The molecule has 0 bridgehead atoms. The average molecular weight is 761 g/mol. The summed E-state index contributed by atoms with van der Waals surface area (Å²) in [6.07, 6.45) is 0. The van der Waals surface area contributed by atoms with Gasteiger partial charge in [-0.1, -0.05) is 181 Å². The van der Waals surface area contributed by atoms with Crippen LogP contribution < -0.4 is 0 Å². The maximum atomic E-state index is 9.66. The number of nitrogens with zero attached hydrogens (tertiary/aromatic N) is 4. The molecule has 0 aliphatic rings. The highest BCUT2D eigenvalue weighted by Crippen LogP contribution is 2.46. The van der Waals surface area contributed by atoms with E-state index in [0.29, 0.717) is 23.0 Å². The molecule has 0 atom stereocenters. The van der Waals surface area contributed by atoms with Crippen LogP contribution >= 0.6 is 11.3 Å². The zero-order valence-corrected chi connectivity index (χ0v) is 32.6. The van der Waals surface area contributed by atoms with Gasteiger partial charge < -0.3 is 0 Å². The van der Waals surface area contributed by atoms with Crippen LogP contribution in [0.15, 0.2) is 200 Å². The zero-order valence-electron chi connectivity index (χ0n) is 31.7. The van der Waals surface area contributed by atoms with Crippen LogP contribution in [0.5, 0.6) is 0 Å². The van der Waals surface area contributed by atoms with Gasteiger partial charge in [-0.25, -0.2) is 15.0 Å². The first-order valence-electron chi connectivity index (χ1n) is 19.2. The van der Waals surface area contributed by atoms with E-state index in [2.05, 4.69) is 110 Å². The molecule has 0 fully saturated rings. The molecule has 4 nitrogen and oxygen atoms in total. The fourth-order valence-corrected chi connectivity index (χ4v) is 8.43. The van der Waals surface area contributed by atoms with Crippen LogP contribution in [-0.4, -0.2) is 15.0 Å². The smallest absolute Gasteiger partial charge is 0.164 e. The molecule has 0 unspecified atom stereocenters. The quantitative estimate of drug-likeness (QED) is 0.169. The minimum absolute atomic E-state index is 0.626. The van der Waals surface area contributed by atoms with Gasteiger partial charge in [0.15, 0.2) is 17.5 Å². The highest BCUT2D eigenvalue weighted by Gasteiger charge is 2.18. The van der Waals surface area contributed by atoms with E-state index in [1.165, 1.54) is 36.9 Å². The van der Waals surface area contributed by atoms with E-state index in [-0.39, 0.29) is 0 Å². The largest absolute Gasteiger partial charge is 0.208 e. The number of aryl methyl sites for hydroxylation is 1. The summed E-state index contributed by atoms with van der Waals surface area (Å²) in [5.41, 5.74) is 11.5. The summed E-state index contributed by atoms with van der Waals surface area (Å²) in [4.78, 5) is 14.7. The van der Waals surface area contributed by atoms with Crippen molar-refractivity contribution in [2.24, 2.45) is 0 Å². The molecule has 0 amide bonds. The summed E-state index contributed by atoms with van der Waals surface area (Å²) in [5.74, 6) is 1.90. The number of aromatic nitrogens is 3. The van der Waals surface area contributed by atoms with E-state index in [9.17, 15) is 5.26 Å². The lowest BCUT2D eigenvalue weighted by atomic mass is 9.93. The average Bonchev–Trinajstić information content (AvgIpc) is 3.69. The molecule has 10 rings (SSSR count). The van der Waals surface area contributed by atoms with Crippen LogP contribution in [0.2, 0.25) is 0 Å². The molecule has 5 heteroatoms. The third kappa shape index (κ3) is 7.53. The first kappa shape index (κ1) is 36.1. The lowest BCUT2D eigenvalue weighted by Crippen LogP contribution is -2.00. The topological polar surface area (TPSA) is 62.5 Å². The van der Waals surface area contributed by atoms with Crippen molar-refractivity contribution in [1.29, 1.82) is 5.26 Å². The Kier molecular flexibility index (Phi) is 10.2. The van der Waals surface area contributed by atoms with Gasteiger partial charge >= 0.3 is 0 Å². The van der Waals surface area contributed by atoms with E-state index < -0.39 is 0 Å². The Hall–Kier alpha value is -7.52. The maximum Gasteiger partial charge on any atom is 0.164 e. The molecule has 274 valence electrons. The number of rotatable bonds is 6. The van der Waals surface area contributed by atoms with Gasteiger partial charge in [0.2, 0.25) is 0 Å². The molecule has 8 aromatic carbocycles. The zero-order chi connectivity index (χ0) is 39.3. The van der Waals surface area contributed by atoms with Crippen molar-refractivity contribution in [2.75, 3.05) is 0 Å². The molecular formula is C53H36N4S. The summed E-state index contributed by atoms with van der Waals surface area (Å²) < 4.78 is 2.42. The number of benzene rings is 8. The molecule has 0 aliphatic heterocycles. The van der Waals surface area contributed by atoms with Crippen LogP contribution in [0.3, 0.4) is 0 Å². The van der Waals surface area contributed by atoms with Gasteiger partial charge in [0.25, 0.3) is 0 Å². The van der Waals surface area contributed by atoms with Crippen molar-refractivity contribution in [2.45, 2.75) is 6.92 Å². The first-order valence-corrected chi connectivity index (χ1v) is 20.0. The minimum Gasteiger partial charge on any atom is -0.208 e. The van der Waals surface area contributed by atoms with Gasteiger partial charge in [-0.05, 0) is 64.6 Å². The van der Waals surface area contributed by atoms with Crippen molar-refractivity contribution in [1.82, 2.24) is 15.0 Å². The summed E-state index contributed by atoms with van der Waals surface area (Å²) in [7, 11) is 0. The van der Waals surface area contributed by atoms with Crippen LogP contribution in [0, 0.1) is 18.3 Å². The minimum atomic E-state index is 0.626. The molecule has 0 saturated carbocycles. The Morgan fingerprint density at radius 1 is 0.414 bits per heavy atom. The number of nitriles is 1. The highest BCUT2D eigenvalue weighted by atomic mass is 32.1. The van der Waals surface area contributed by atoms with Crippen LogP contribution in [0.4, 0.5) is 0 Å². The summed E-state index contributed by atoms with van der Waals surface area (Å²) in [6, 6.07) is 70.8. The highest BCUT2D eigenvalue weighted by molar-refractivity contribution is 7.26. The van der Waals surface area contributed by atoms with Crippen molar-refractivity contribution in [3.8, 4) is 73.6 Å². The van der Waals surface area contributed by atoms with E-state index in [1.807, 2.05) is 103 Å². The second-order valence-corrected chi connectivity index (χ2v) is 15.1. The van der Waals surface area contributed by atoms with Gasteiger partial charge in [-0.15, -0.1) is 11.3 Å². The molecule has 2 aromatic heterocycles. The van der Waals surface area contributed by atoms with Gasteiger partial charge in [0.05, 0.1) is 11.6 Å². The van der Waals surface area contributed by atoms with Crippen molar-refractivity contribution >= 4 is 31.5 Å². The van der Waals surface area contributed by atoms with Gasteiger partial charge in [0, 0.05) is 36.9 Å². The fraction of sp³-hybridized carbons (Fsp3) is 0.0189. The molecule has 10 aromatic rings. The Morgan fingerprint density at radius 3 is 1.45 bits per heavy atom. The predicted molar refractivity (Wildman–Crippen MR) is 241 cm³/mol. The van der Waals surface area contributed by atoms with E-state index in [0.717, 1.165) is 38.9 Å². The third-order valence-electron chi connectivity index (χ3n) is 10.1. The maximum absolute atomic E-state index is 9.66. The van der Waals surface area contributed by atoms with Gasteiger partial charge in [-0.3, -0.25) is 0 Å². The molecular weight excluding hydrogens is 725 g/mol. The second-order valence-electron chi connectivity index (χ2n) is 14.0. The summed E-state index contributed by atoms with van der Waals surface area (Å²) in [6.45, 7) is 2.08. The fourth-order valence-electron chi connectivity index (χ4n) is 7.19. The van der Waals surface area contributed by atoms with Gasteiger partial charge in [-0.2, -0.15) is 5.26 Å². The predicted octanol–water partition coefficient (Wildman–Crippen LogP) is 14.1. The molecule has 0 saturated heterocycles. The van der Waals surface area contributed by atoms with Gasteiger partial charge in [0.1, 0.15) is 0 Å². The van der Waals surface area contributed by atoms with Crippen LogP contribution in [0.1, 0.15) is 11.1 Å². The standard InChI is InChI=1S/C46H28N4S.C7H8/c47-29-30-11-10-18-37(27-30)39-25-24-38(42-40-28-36(31-12-4-1-5-13-31)23-26-41(40)51-43(39)42)32-19-21-35(22-20-32)46-49-44(33-14-6-2-7-15-33)48-45(50-46)34-16-8-3-9-17-34;1-7-5-3-2-4-6-7/h1-28H;2-6H,1H3. The monoisotopic (exact) mass is 760 g/mol. The van der Waals surface area contributed by atoms with Crippen molar-refractivity contribution < 1.29 is 0 Å². The Balaban J connectivity index is 0.000000565.